The number of carbonyl (C=O) groups is 2. The van der Waals surface area contributed by atoms with E-state index in [9.17, 15) is 9.59 Å². The molecule has 3 amide bonds. The number of fused-ring (bicyclic) bond motifs is 5. The lowest BCUT2D eigenvalue weighted by Crippen LogP contribution is -2.39. The zero-order valence-electron chi connectivity index (χ0n) is 13.0. The Labute approximate surface area is 134 Å². The summed E-state index contributed by atoms with van der Waals surface area (Å²) in [5, 5.41) is 2.37. The molecule has 0 aromatic heterocycles. The van der Waals surface area contributed by atoms with Gasteiger partial charge in [-0.3, -0.25) is 4.90 Å². The summed E-state index contributed by atoms with van der Waals surface area (Å²) in [5.74, 6) is 0. The summed E-state index contributed by atoms with van der Waals surface area (Å²) in [4.78, 5) is 27.7. The number of anilines is 1. The predicted molar refractivity (Wildman–Crippen MR) is 87.7 cm³/mol. The fraction of sp³-hybridized carbons (Fsp3) is 0.333. The van der Waals surface area contributed by atoms with Crippen molar-refractivity contribution in [3.05, 3.63) is 42.0 Å². The molecule has 0 aliphatic carbocycles. The topological polar surface area (TPSA) is 49.9 Å². The molecule has 2 heterocycles. The Kier molecular flexibility index (Phi) is 3.22. The summed E-state index contributed by atoms with van der Waals surface area (Å²) in [6, 6.07) is 12.0. The minimum Gasteiger partial charge on any atom is -0.449 e. The van der Waals surface area contributed by atoms with E-state index in [1.165, 1.54) is 21.2 Å². The van der Waals surface area contributed by atoms with E-state index in [1.54, 1.807) is 11.8 Å². The van der Waals surface area contributed by atoms with Gasteiger partial charge in [0.25, 0.3) is 0 Å². The molecular weight excluding hydrogens is 292 g/mol. The van der Waals surface area contributed by atoms with Gasteiger partial charge in [0.1, 0.15) is 0 Å². The van der Waals surface area contributed by atoms with Crippen LogP contribution in [-0.2, 0) is 11.2 Å². The molecule has 0 spiro atoms. The molecule has 118 valence electrons. The normalized spacial score (nSPS) is 19.7. The summed E-state index contributed by atoms with van der Waals surface area (Å²) in [5.41, 5.74) is 2.12. The molecule has 1 fully saturated rings. The summed E-state index contributed by atoms with van der Waals surface area (Å²) in [7, 11) is 0. The van der Waals surface area contributed by atoms with Gasteiger partial charge in [-0.25, -0.2) is 14.5 Å². The van der Waals surface area contributed by atoms with Gasteiger partial charge in [0, 0.05) is 5.69 Å². The van der Waals surface area contributed by atoms with Crippen molar-refractivity contribution >= 4 is 28.6 Å². The van der Waals surface area contributed by atoms with E-state index in [2.05, 4.69) is 12.1 Å². The van der Waals surface area contributed by atoms with Crippen LogP contribution in [0.3, 0.4) is 0 Å². The van der Waals surface area contributed by atoms with E-state index in [4.69, 9.17) is 4.74 Å². The predicted octanol–water partition coefficient (Wildman–Crippen LogP) is 3.55. The lowest BCUT2D eigenvalue weighted by Gasteiger charge is -2.31. The molecule has 0 N–H and O–H groups in total. The van der Waals surface area contributed by atoms with Crippen LogP contribution in [0.5, 0.6) is 0 Å². The van der Waals surface area contributed by atoms with Crippen molar-refractivity contribution in [3.8, 4) is 0 Å². The van der Waals surface area contributed by atoms with Crippen LogP contribution in [0.15, 0.2) is 36.4 Å². The summed E-state index contributed by atoms with van der Waals surface area (Å²) in [6.45, 7) is 2.42. The highest BCUT2D eigenvalue weighted by molar-refractivity contribution is 6.06. The van der Waals surface area contributed by atoms with Gasteiger partial charge in [-0.05, 0) is 42.2 Å². The molecule has 2 aromatic carbocycles. The third-order valence-electron chi connectivity index (χ3n) is 4.69. The standard InChI is InChI=1S/C18H18N2O3/c1-2-23-18(22)19-11-13-8-9-15-14-6-4-3-5-12(14)7-10-16(15)20(13)17(19)21/h3-7,10,13H,2,8-9,11H2,1H3. The van der Waals surface area contributed by atoms with Gasteiger partial charge in [0.05, 0.1) is 19.2 Å². The number of rotatable bonds is 1. The first kappa shape index (κ1) is 14.1. The molecule has 23 heavy (non-hydrogen) atoms. The van der Waals surface area contributed by atoms with E-state index in [1.807, 2.05) is 24.3 Å². The van der Waals surface area contributed by atoms with Crippen LogP contribution in [-0.4, -0.2) is 36.2 Å². The quantitative estimate of drug-likeness (QED) is 0.809. The SMILES string of the molecule is CCOC(=O)N1CC2CCc3c(ccc4ccccc34)N2C1=O. The molecule has 1 atom stereocenters. The van der Waals surface area contributed by atoms with Crippen LogP contribution in [0.4, 0.5) is 15.3 Å². The number of aryl methyl sites for hydroxylation is 1. The third kappa shape index (κ3) is 2.07. The lowest BCUT2D eigenvalue weighted by atomic mass is 9.92. The number of ether oxygens (including phenoxy) is 1. The number of carbonyl (C=O) groups excluding carboxylic acids is 2. The Morgan fingerprint density at radius 1 is 1.26 bits per heavy atom. The van der Waals surface area contributed by atoms with Gasteiger partial charge in [0.15, 0.2) is 0 Å². The third-order valence-corrected chi connectivity index (χ3v) is 4.69. The number of imide groups is 1. The molecular formula is C18H18N2O3. The van der Waals surface area contributed by atoms with Gasteiger partial charge in [-0.15, -0.1) is 0 Å². The number of nitrogens with zero attached hydrogens (tertiary/aromatic N) is 2. The van der Waals surface area contributed by atoms with Crippen LogP contribution in [0.2, 0.25) is 0 Å². The maximum absolute atomic E-state index is 12.7. The number of benzene rings is 2. The Morgan fingerprint density at radius 2 is 2.09 bits per heavy atom. The van der Waals surface area contributed by atoms with E-state index >= 15 is 0 Å². The monoisotopic (exact) mass is 310 g/mol. The van der Waals surface area contributed by atoms with Gasteiger partial charge >= 0.3 is 12.1 Å². The molecule has 5 nitrogen and oxygen atoms in total. The summed E-state index contributed by atoms with van der Waals surface area (Å²) >= 11 is 0. The maximum Gasteiger partial charge on any atom is 0.418 e. The van der Waals surface area contributed by atoms with Crippen LogP contribution in [0, 0.1) is 0 Å². The average molecular weight is 310 g/mol. The number of hydrogen-bond acceptors (Lipinski definition) is 3. The second-order valence-electron chi connectivity index (χ2n) is 5.94. The highest BCUT2D eigenvalue weighted by Crippen LogP contribution is 2.39. The molecule has 0 bridgehead atoms. The summed E-state index contributed by atoms with van der Waals surface area (Å²) < 4.78 is 5.00. The van der Waals surface area contributed by atoms with Crippen molar-refractivity contribution in [1.29, 1.82) is 0 Å². The molecule has 5 heteroatoms. The molecule has 4 rings (SSSR count). The lowest BCUT2D eigenvalue weighted by molar-refractivity contribution is 0.121. The van der Waals surface area contributed by atoms with Crippen LogP contribution < -0.4 is 4.90 Å². The molecule has 0 saturated carbocycles. The Balaban J connectivity index is 1.76. The van der Waals surface area contributed by atoms with E-state index in [-0.39, 0.29) is 18.7 Å². The van der Waals surface area contributed by atoms with Gasteiger partial charge in [-0.1, -0.05) is 30.3 Å². The van der Waals surface area contributed by atoms with Gasteiger partial charge < -0.3 is 4.74 Å². The second kappa shape index (κ2) is 5.26. The second-order valence-corrected chi connectivity index (χ2v) is 5.94. The molecule has 2 aliphatic heterocycles. The first-order valence-corrected chi connectivity index (χ1v) is 7.99. The van der Waals surface area contributed by atoms with Crippen molar-refractivity contribution in [1.82, 2.24) is 4.90 Å². The largest absolute Gasteiger partial charge is 0.449 e. The van der Waals surface area contributed by atoms with Crippen LogP contribution >= 0.6 is 0 Å². The highest BCUT2D eigenvalue weighted by Gasteiger charge is 2.44. The molecule has 2 aromatic rings. The first-order chi connectivity index (χ1) is 11.2. The van der Waals surface area contributed by atoms with E-state index in [0.29, 0.717) is 6.54 Å². The smallest absolute Gasteiger partial charge is 0.418 e. The van der Waals surface area contributed by atoms with Gasteiger partial charge in [-0.2, -0.15) is 0 Å². The zero-order valence-corrected chi connectivity index (χ0v) is 13.0. The van der Waals surface area contributed by atoms with Crippen molar-refractivity contribution in [2.75, 3.05) is 18.1 Å². The van der Waals surface area contributed by atoms with Crippen LogP contribution in [0.25, 0.3) is 10.8 Å². The van der Waals surface area contributed by atoms with Crippen molar-refractivity contribution < 1.29 is 14.3 Å². The minimum absolute atomic E-state index is 0.0422. The molecule has 1 unspecified atom stereocenters. The average Bonchev–Trinajstić information content (AvgIpc) is 2.92. The minimum atomic E-state index is -0.547. The first-order valence-electron chi connectivity index (χ1n) is 7.99. The van der Waals surface area contributed by atoms with Crippen molar-refractivity contribution in [3.63, 3.8) is 0 Å². The molecule has 1 saturated heterocycles. The fourth-order valence-electron chi connectivity index (χ4n) is 3.65. The van der Waals surface area contributed by atoms with Crippen LogP contribution in [0.1, 0.15) is 18.9 Å². The highest BCUT2D eigenvalue weighted by atomic mass is 16.6. The summed E-state index contributed by atoms with van der Waals surface area (Å²) in [6.07, 6.45) is 1.24. The maximum atomic E-state index is 12.7. The Bertz CT molecular complexity index is 802. The fourth-order valence-corrected chi connectivity index (χ4v) is 3.65. The zero-order chi connectivity index (χ0) is 16.0. The Hall–Kier alpha value is -2.56. The van der Waals surface area contributed by atoms with Gasteiger partial charge in [0.2, 0.25) is 0 Å². The van der Waals surface area contributed by atoms with E-state index < -0.39 is 6.09 Å². The Morgan fingerprint density at radius 3 is 2.91 bits per heavy atom. The number of urea groups is 1. The molecule has 2 aliphatic rings. The number of hydrogen-bond donors (Lipinski definition) is 0. The molecule has 0 radical (unpaired) electrons. The van der Waals surface area contributed by atoms with Crippen molar-refractivity contribution in [2.24, 2.45) is 0 Å². The van der Waals surface area contributed by atoms with Crippen molar-refractivity contribution in [2.45, 2.75) is 25.8 Å². The number of amides is 3. The van der Waals surface area contributed by atoms with E-state index in [0.717, 1.165) is 18.5 Å².